The Labute approximate surface area is 37.7 Å². The Bertz CT molecular complexity index is 75.8. The molecule has 1 nitrogen and oxygen atoms in total. The second-order valence-corrected chi connectivity index (χ2v) is 1.28. The van der Waals surface area contributed by atoms with Gasteiger partial charge in [0, 0.05) is 13.0 Å². The summed E-state index contributed by atoms with van der Waals surface area (Å²) in [6.45, 7) is 1.97. The zero-order chi connectivity index (χ0) is 4.24. The first-order chi connectivity index (χ1) is 3.00. The van der Waals surface area contributed by atoms with E-state index in [0.29, 0.717) is 0 Å². The van der Waals surface area contributed by atoms with Crippen molar-refractivity contribution in [3.8, 4) is 11.8 Å². The fraction of sp³-hybridized carbons (Fsp3) is 0.600. The molecule has 1 rings (SSSR count). The molecule has 1 aliphatic heterocycles. The molecule has 1 aliphatic rings. The van der Waals surface area contributed by atoms with E-state index in [0.717, 1.165) is 19.5 Å². The fourth-order valence-corrected chi connectivity index (χ4v) is 0.453. The third kappa shape index (κ3) is 0.734. The van der Waals surface area contributed by atoms with E-state index in [1.165, 1.54) is 0 Å². The normalized spacial score (nSPS) is 18.7. The molecular formula is C5H7N. The topological polar surface area (TPSA) is 12.0 Å². The fourth-order valence-electron chi connectivity index (χ4n) is 0.453. The molecular weight excluding hydrogens is 74.1 g/mol. The maximum absolute atomic E-state index is 3.11. The maximum atomic E-state index is 3.11. The van der Waals surface area contributed by atoms with E-state index in [1.807, 2.05) is 0 Å². The standard InChI is InChI=1S/C5H7N/c1-2-4-6-5-3-1/h6H,2,4-5H2. The lowest BCUT2D eigenvalue weighted by Crippen LogP contribution is -2.17. The first kappa shape index (κ1) is 3.70. The molecule has 0 saturated carbocycles. The van der Waals surface area contributed by atoms with Gasteiger partial charge in [0.1, 0.15) is 0 Å². The van der Waals surface area contributed by atoms with Gasteiger partial charge < -0.3 is 5.32 Å². The summed E-state index contributed by atoms with van der Waals surface area (Å²) in [5.41, 5.74) is 0. The third-order valence-corrected chi connectivity index (χ3v) is 0.765. The second-order valence-electron chi connectivity index (χ2n) is 1.28. The van der Waals surface area contributed by atoms with Gasteiger partial charge in [0.2, 0.25) is 0 Å². The van der Waals surface area contributed by atoms with E-state index >= 15 is 0 Å². The van der Waals surface area contributed by atoms with Gasteiger partial charge in [0.15, 0.2) is 0 Å². The molecule has 6 heavy (non-hydrogen) atoms. The Hall–Kier alpha value is -0.480. The SMILES string of the molecule is C1#CCNCC1. The van der Waals surface area contributed by atoms with Gasteiger partial charge in [0.25, 0.3) is 0 Å². The summed E-state index contributed by atoms with van der Waals surface area (Å²) in [5.74, 6) is 5.90. The largest absolute Gasteiger partial charge is 0.305 e. The molecule has 0 unspecified atom stereocenters. The van der Waals surface area contributed by atoms with Gasteiger partial charge in [-0.05, 0) is 0 Å². The van der Waals surface area contributed by atoms with Crippen LogP contribution in [0.5, 0.6) is 0 Å². The van der Waals surface area contributed by atoms with Gasteiger partial charge >= 0.3 is 0 Å². The molecule has 0 bridgehead atoms. The van der Waals surface area contributed by atoms with Crippen molar-refractivity contribution >= 4 is 0 Å². The Kier molecular flexibility index (Phi) is 1.13. The van der Waals surface area contributed by atoms with Crippen LogP contribution in [-0.4, -0.2) is 13.1 Å². The lowest BCUT2D eigenvalue weighted by atomic mass is 10.3. The average molecular weight is 81.1 g/mol. The number of hydrogen-bond acceptors (Lipinski definition) is 1. The van der Waals surface area contributed by atoms with Gasteiger partial charge in [-0.3, -0.25) is 0 Å². The second kappa shape index (κ2) is 1.84. The number of hydrogen-bond donors (Lipinski definition) is 1. The highest BCUT2D eigenvalue weighted by Gasteiger charge is 1.83. The van der Waals surface area contributed by atoms with Crippen LogP contribution < -0.4 is 5.32 Å². The minimum absolute atomic E-state index is 0.889. The summed E-state index contributed by atoms with van der Waals surface area (Å²) in [6.07, 6.45) is 1.03. The van der Waals surface area contributed by atoms with Crippen molar-refractivity contribution < 1.29 is 0 Å². The van der Waals surface area contributed by atoms with Gasteiger partial charge in [-0.15, -0.1) is 5.92 Å². The molecule has 0 aromatic heterocycles. The van der Waals surface area contributed by atoms with Crippen LogP contribution in [0.1, 0.15) is 6.42 Å². The minimum Gasteiger partial charge on any atom is -0.305 e. The van der Waals surface area contributed by atoms with Crippen LogP contribution in [0.3, 0.4) is 0 Å². The van der Waals surface area contributed by atoms with Crippen LogP contribution in [-0.2, 0) is 0 Å². The molecule has 0 fully saturated rings. The van der Waals surface area contributed by atoms with Gasteiger partial charge in [-0.1, -0.05) is 5.92 Å². The molecule has 0 spiro atoms. The van der Waals surface area contributed by atoms with Crippen LogP contribution in [0.4, 0.5) is 0 Å². The molecule has 0 amide bonds. The molecule has 1 N–H and O–H groups in total. The lowest BCUT2D eigenvalue weighted by Gasteiger charge is -1.97. The smallest absolute Gasteiger partial charge is 0.0576 e. The van der Waals surface area contributed by atoms with E-state index in [9.17, 15) is 0 Å². The molecule has 1 heteroatoms. The van der Waals surface area contributed by atoms with Crippen molar-refractivity contribution in [3.63, 3.8) is 0 Å². The van der Waals surface area contributed by atoms with Crippen molar-refractivity contribution in [2.24, 2.45) is 0 Å². The van der Waals surface area contributed by atoms with E-state index in [2.05, 4.69) is 17.2 Å². The van der Waals surface area contributed by atoms with Crippen molar-refractivity contribution in [1.82, 2.24) is 5.32 Å². The van der Waals surface area contributed by atoms with Gasteiger partial charge in [0.05, 0.1) is 6.54 Å². The van der Waals surface area contributed by atoms with E-state index < -0.39 is 0 Å². The quantitative estimate of drug-likeness (QED) is 0.404. The zero-order valence-corrected chi connectivity index (χ0v) is 3.62. The molecule has 0 aliphatic carbocycles. The van der Waals surface area contributed by atoms with Gasteiger partial charge in [-0.2, -0.15) is 0 Å². The van der Waals surface area contributed by atoms with Crippen molar-refractivity contribution in [2.45, 2.75) is 6.42 Å². The summed E-state index contributed by atoms with van der Waals surface area (Å²) < 4.78 is 0. The number of rotatable bonds is 0. The van der Waals surface area contributed by atoms with E-state index in [1.54, 1.807) is 0 Å². The molecule has 0 aromatic rings. The Morgan fingerprint density at radius 2 is 2.33 bits per heavy atom. The van der Waals surface area contributed by atoms with Crippen molar-refractivity contribution in [2.75, 3.05) is 13.1 Å². The molecule has 0 radical (unpaired) electrons. The predicted molar refractivity (Wildman–Crippen MR) is 25.3 cm³/mol. The Balaban J connectivity index is 2.36. The minimum atomic E-state index is 0.889. The summed E-state index contributed by atoms with van der Waals surface area (Å²) >= 11 is 0. The first-order valence-corrected chi connectivity index (χ1v) is 2.16. The average Bonchev–Trinajstić information content (AvgIpc) is 1.72. The highest BCUT2D eigenvalue weighted by molar-refractivity contribution is 5.04. The summed E-state index contributed by atoms with van der Waals surface area (Å²) in [4.78, 5) is 0. The predicted octanol–water partition coefficient (Wildman–Crippen LogP) is -0.0169. The lowest BCUT2D eigenvalue weighted by molar-refractivity contribution is 0.757. The summed E-state index contributed by atoms with van der Waals surface area (Å²) in [6, 6.07) is 0. The number of nitrogens with one attached hydrogen (secondary N) is 1. The molecule has 0 aromatic carbocycles. The maximum Gasteiger partial charge on any atom is 0.0576 e. The third-order valence-electron chi connectivity index (χ3n) is 0.765. The van der Waals surface area contributed by atoms with Crippen LogP contribution in [0.15, 0.2) is 0 Å². The Morgan fingerprint density at radius 3 is 2.50 bits per heavy atom. The first-order valence-electron chi connectivity index (χ1n) is 2.16. The van der Waals surface area contributed by atoms with Crippen LogP contribution >= 0.6 is 0 Å². The highest BCUT2D eigenvalue weighted by Crippen LogP contribution is 1.74. The zero-order valence-electron chi connectivity index (χ0n) is 3.62. The van der Waals surface area contributed by atoms with Crippen molar-refractivity contribution in [1.29, 1.82) is 0 Å². The van der Waals surface area contributed by atoms with Gasteiger partial charge in [-0.25, -0.2) is 0 Å². The molecule has 32 valence electrons. The highest BCUT2D eigenvalue weighted by atomic mass is 14.8. The van der Waals surface area contributed by atoms with E-state index in [-0.39, 0.29) is 0 Å². The van der Waals surface area contributed by atoms with E-state index in [4.69, 9.17) is 0 Å². The van der Waals surface area contributed by atoms with Crippen molar-refractivity contribution in [3.05, 3.63) is 0 Å². The molecule has 1 heterocycles. The Morgan fingerprint density at radius 1 is 1.33 bits per heavy atom. The summed E-state index contributed by atoms with van der Waals surface area (Å²) in [7, 11) is 0. The van der Waals surface area contributed by atoms with Crippen LogP contribution in [0, 0.1) is 11.8 Å². The van der Waals surface area contributed by atoms with Crippen LogP contribution in [0.25, 0.3) is 0 Å². The summed E-state index contributed by atoms with van der Waals surface area (Å²) in [5, 5.41) is 3.11. The molecule has 0 atom stereocenters. The van der Waals surface area contributed by atoms with Crippen LogP contribution in [0.2, 0.25) is 0 Å². The molecule has 0 saturated heterocycles. The monoisotopic (exact) mass is 81.1 g/mol.